The first-order chi connectivity index (χ1) is 6.72. The van der Waals surface area contributed by atoms with Gasteiger partial charge in [0.25, 0.3) is 0 Å². The number of aliphatic hydroxyl groups is 1. The predicted molar refractivity (Wildman–Crippen MR) is 62.4 cm³/mol. The Morgan fingerprint density at radius 3 is 2.64 bits per heavy atom. The van der Waals surface area contributed by atoms with Crippen LogP contribution in [0.5, 0.6) is 0 Å². The molecule has 1 nitrogen and oxygen atoms in total. The molecule has 0 fully saturated rings. The second-order valence-corrected chi connectivity index (χ2v) is 4.49. The van der Waals surface area contributed by atoms with Crippen molar-refractivity contribution in [2.75, 3.05) is 0 Å². The molecule has 0 radical (unpaired) electrons. The summed E-state index contributed by atoms with van der Waals surface area (Å²) in [6.07, 6.45) is 2.36. The van der Waals surface area contributed by atoms with Crippen molar-refractivity contribution >= 4 is 11.8 Å². The van der Waals surface area contributed by atoms with Gasteiger partial charge in [0.1, 0.15) is 0 Å². The molecule has 0 aliphatic rings. The van der Waals surface area contributed by atoms with Gasteiger partial charge < -0.3 is 5.11 Å². The molecule has 0 saturated heterocycles. The molecule has 0 saturated carbocycles. The molecule has 0 bridgehead atoms. The first-order valence-electron chi connectivity index (χ1n) is 4.81. The summed E-state index contributed by atoms with van der Waals surface area (Å²) in [4.78, 5) is 2.36. The van der Waals surface area contributed by atoms with Crippen LogP contribution >= 0.6 is 11.8 Å². The molecular formula is C12H16OS. The smallest absolute Gasteiger partial charge is 0.0728 e. The lowest BCUT2D eigenvalue weighted by atomic mass is 10.2. The van der Waals surface area contributed by atoms with E-state index in [2.05, 4.69) is 12.1 Å². The summed E-state index contributed by atoms with van der Waals surface area (Å²) >= 11 is 1.69. The van der Waals surface area contributed by atoms with Gasteiger partial charge in [-0.3, -0.25) is 0 Å². The topological polar surface area (TPSA) is 20.2 Å². The maximum Gasteiger partial charge on any atom is 0.0728 e. The normalized spacial score (nSPS) is 14.1. The first kappa shape index (κ1) is 11.3. The number of benzene rings is 1. The first-order valence-corrected chi connectivity index (χ1v) is 5.63. The minimum absolute atomic E-state index is 0.314. The zero-order valence-corrected chi connectivity index (χ0v) is 9.42. The summed E-state index contributed by atoms with van der Waals surface area (Å²) in [6.45, 7) is 4.00. The SMILES string of the molecule is CCC(O)/C=C(\C)Sc1ccccc1. The lowest BCUT2D eigenvalue weighted by Gasteiger charge is -2.04. The predicted octanol–water partition coefficient (Wildman–Crippen LogP) is 3.45. The minimum atomic E-state index is -0.314. The number of allylic oxidation sites excluding steroid dienone is 1. The van der Waals surface area contributed by atoms with Crippen LogP contribution in [0.25, 0.3) is 0 Å². The monoisotopic (exact) mass is 208 g/mol. The van der Waals surface area contributed by atoms with Crippen LogP contribution in [-0.2, 0) is 0 Å². The van der Waals surface area contributed by atoms with Crippen molar-refractivity contribution in [1.82, 2.24) is 0 Å². The van der Waals surface area contributed by atoms with E-state index in [0.29, 0.717) is 0 Å². The third kappa shape index (κ3) is 3.99. The van der Waals surface area contributed by atoms with Gasteiger partial charge in [0.05, 0.1) is 6.10 Å². The molecule has 0 aliphatic carbocycles. The fourth-order valence-corrected chi connectivity index (χ4v) is 1.99. The molecule has 1 atom stereocenters. The van der Waals surface area contributed by atoms with Crippen molar-refractivity contribution in [1.29, 1.82) is 0 Å². The lowest BCUT2D eigenvalue weighted by molar-refractivity contribution is 0.219. The average Bonchev–Trinajstić information content (AvgIpc) is 2.19. The van der Waals surface area contributed by atoms with Crippen LogP contribution in [0.15, 0.2) is 46.2 Å². The second kappa shape index (κ2) is 5.89. The molecule has 1 unspecified atom stereocenters. The fourth-order valence-electron chi connectivity index (χ4n) is 1.10. The molecule has 0 aromatic heterocycles. The molecule has 76 valence electrons. The van der Waals surface area contributed by atoms with Gasteiger partial charge in [0, 0.05) is 4.90 Å². The molecule has 14 heavy (non-hydrogen) atoms. The molecule has 1 N–H and O–H groups in total. The molecule has 1 rings (SSSR count). The van der Waals surface area contributed by atoms with Crippen LogP contribution in [-0.4, -0.2) is 11.2 Å². The highest BCUT2D eigenvalue weighted by atomic mass is 32.2. The Morgan fingerprint density at radius 2 is 2.07 bits per heavy atom. The van der Waals surface area contributed by atoms with Crippen LogP contribution in [0.2, 0.25) is 0 Å². The van der Waals surface area contributed by atoms with Crippen LogP contribution in [0.4, 0.5) is 0 Å². The maximum absolute atomic E-state index is 9.42. The highest BCUT2D eigenvalue weighted by molar-refractivity contribution is 8.03. The quantitative estimate of drug-likeness (QED) is 0.765. The number of hydrogen-bond donors (Lipinski definition) is 1. The summed E-state index contributed by atoms with van der Waals surface area (Å²) in [5, 5.41) is 9.42. The largest absolute Gasteiger partial charge is 0.389 e. The van der Waals surface area contributed by atoms with Gasteiger partial charge in [-0.05, 0) is 36.5 Å². The summed E-state index contributed by atoms with van der Waals surface area (Å²) in [5.41, 5.74) is 0. The van der Waals surface area contributed by atoms with Gasteiger partial charge in [-0.1, -0.05) is 36.9 Å². The Bertz CT molecular complexity index is 292. The van der Waals surface area contributed by atoms with E-state index in [0.717, 1.165) is 11.3 Å². The second-order valence-electron chi connectivity index (χ2n) is 3.17. The standard InChI is InChI=1S/C12H16OS/c1-3-11(13)9-10(2)14-12-7-5-4-6-8-12/h4-9,11,13H,3H2,1-2H3/b10-9+. The Kier molecular flexibility index (Phi) is 4.77. The van der Waals surface area contributed by atoms with E-state index in [1.54, 1.807) is 11.8 Å². The van der Waals surface area contributed by atoms with Gasteiger partial charge in [-0.25, -0.2) is 0 Å². The lowest BCUT2D eigenvalue weighted by Crippen LogP contribution is -1.98. The molecule has 0 aliphatic heterocycles. The Labute approximate surface area is 89.8 Å². The number of hydrogen-bond acceptors (Lipinski definition) is 2. The van der Waals surface area contributed by atoms with Crippen molar-refractivity contribution in [2.45, 2.75) is 31.3 Å². The van der Waals surface area contributed by atoms with E-state index in [1.807, 2.05) is 38.1 Å². The maximum atomic E-state index is 9.42. The zero-order valence-electron chi connectivity index (χ0n) is 8.60. The van der Waals surface area contributed by atoms with Gasteiger partial charge in [-0.15, -0.1) is 0 Å². The fraction of sp³-hybridized carbons (Fsp3) is 0.333. The third-order valence-corrected chi connectivity index (χ3v) is 2.83. The van der Waals surface area contributed by atoms with Gasteiger partial charge >= 0.3 is 0 Å². The van der Waals surface area contributed by atoms with E-state index >= 15 is 0 Å². The third-order valence-electron chi connectivity index (χ3n) is 1.87. The van der Waals surface area contributed by atoms with Crippen molar-refractivity contribution < 1.29 is 5.11 Å². The van der Waals surface area contributed by atoms with E-state index in [9.17, 15) is 5.11 Å². The highest BCUT2D eigenvalue weighted by Gasteiger charge is 1.98. The number of rotatable bonds is 4. The van der Waals surface area contributed by atoms with Crippen molar-refractivity contribution in [3.8, 4) is 0 Å². The average molecular weight is 208 g/mol. The molecule has 1 aromatic carbocycles. The van der Waals surface area contributed by atoms with Gasteiger partial charge in [0.2, 0.25) is 0 Å². The molecule has 0 spiro atoms. The van der Waals surface area contributed by atoms with Crippen LogP contribution in [0.1, 0.15) is 20.3 Å². The summed E-state index contributed by atoms with van der Waals surface area (Å²) in [5.74, 6) is 0. The summed E-state index contributed by atoms with van der Waals surface area (Å²) in [6, 6.07) is 10.2. The molecule has 0 amide bonds. The minimum Gasteiger partial charge on any atom is -0.389 e. The van der Waals surface area contributed by atoms with Gasteiger partial charge in [0.15, 0.2) is 0 Å². The Balaban J connectivity index is 2.57. The van der Waals surface area contributed by atoms with Crippen LogP contribution < -0.4 is 0 Å². The summed E-state index contributed by atoms with van der Waals surface area (Å²) < 4.78 is 0. The van der Waals surface area contributed by atoms with E-state index in [1.165, 1.54) is 4.90 Å². The number of thioether (sulfide) groups is 1. The molecule has 2 heteroatoms. The van der Waals surface area contributed by atoms with Crippen molar-refractivity contribution in [3.05, 3.63) is 41.3 Å². The molecule has 0 heterocycles. The van der Waals surface area contributed by atoms with Crippen LogP contribution in [0.3, 0.4) is 0 Å². The Hall–Kier alpha value is -0.730. The Morgan fingerprint density at radius 1 is 1.43 bits per heavy atom. The molecule has 1 aromatic rings. The van der Waals surface area contributed by atoms with Crippen molar-refractivity contribution in [3.63, 3.8) is 0 Å². The molecular weight excluding hydrogens is 192 g/mol. The van der Waals surface area contributed by atoms with Crippen molar-refractivity contribution in [2.24, 2.45) is 0 Å². The van der Waals surface area contributed by atoms with E-state index < -0.39 is 0 Å². The number of aliphatic hydroxyl groups excluding tert-OH is 1. The zero-order chi connectivity index (χ0) is 10.4. The van der Waals surface area contributed by atoms with E-state index in [4.69, 9.17) is 0 Å². The van der Waals surface area contributed by atoms with E-state index in [-0.39, 0.29) is 6.10 Å². The van der Waals surface area contributed by atoms with Gasteiger partial charge in [-0.2, -0.15) is 0 Å². The van der Waals surface area contributed by atoms with Crippen LogP contribution in [0, 0.1) is 0 Å². The highest BCUT2D eigenvalue weighted by Crippen LogP contribution is 2.25. The summed E-state index contributed by atoms with van der Waals surface area (Å²) in [7, 11) is 0.